The molecule has 6 nitrogen and oxygen atoms in total. The normalized spacial score (nSPS) is 17.4. The lowest BCUT2D eigenvalue weighted by atomic mass is 9.94. The molecule has 21 heavy (non-hydrogen) atoms. The van der Waals surface area contributed by atoms with E-state index in [1.165, 1.54) is 17.7 Å². The Morgan fingerprint density at radius 3 is 2.86 bits per heavy atom. The third-order valence-electron chi connectivity index (χ3n) is 3.67. The van der Waals surface area contributed by atoms with Crippen molar-refractivity contribution >= 4 is 23.0 Å². The maximum Gasteiger partial charge on any atom is 0.312 e. The Morgan fingerprint density at radius 2 is 2.10 bits per heavy atom. The molecule has 6 heteroatoms. The van der Waals surface area contributed by atoms with Gasteiger partial charge in [-0.15, -0.1) is 0 Å². The van der Waals surface area contributed by atoms with Crippen LogP contribution in [0.5, 0.6) is 0 Å². The van der Waals surface area contributed by atoms with E-state index in [4.69, 9.17) is 5.73 Å². The summed E-state index contributed by atoms with van der Waals surface area (Å²) in [6, 6.07) is 10.8. The van der Waals surface area contributed by atoms with Gasteiger partial charge in [-0.05, 0) is 30.0 Å². The first-order valence-corrected chi connectivity index (χ1v) is 6.82. The molecule has 1 unspecified atom stereocenters. The van der Waals surface area contributed by atoms with Crippen molar-refractivity contribution < 1.29 is 4.92 Å². The second-order valence-corrected chi connectivity index (χ2v) is 5.38. The van der Waals surface area contributed by atoms with Crippen LogP contribution in [0, 0.1) is 16.0 Å². The Morgan fingerprint density at radius 1 is 1.33 bits per heavy atom. The second-order valence-electron chi connectivity index (χ2n) is 5.38. The Bertz CT molecular complexity index is 702. The van der Waals surface area contributed by atoms with Gasteiger partial charge < -0.3 is 10.6 Å². The highest BCUT2D eigenvalue weighted by Crippen LogP contribution is 2.38. The molecule has 0 radical (unpaired) electrons. The number of rotatable bonds is 2. The van der Waals surface area contributed by atoms with Crippen molar-refractivity contribution in [3.8, 4) is 0 Å². The average molecular weight is 284 g/mol. The summed E-state index contributed by atoms with van der Waals surface area (Å²) in [5.41, 5.74) is 7.85. The van der Waals surface area contributed by atoms with E-state index in [-0.39, 0.29) is 11.5 Å². The van der Waals surface area contributed by atoms with E-state index in [1.807, 2.05) is 23.1 Å². The summed E-state index contributed by atoms with van der Waals surface area (Å²) >= 11 is 0. The highest BCUT2D eigenvalue weighted by atomic mass is 16.6. The van der Waals surface area contributed by atoms with Crippen molar-refractivity contribution in [1.29, 1.82) is 0 Å². The van der Waals surface area contributed by atoms with Gasteiger partial charge in [0, 0.05) is 18.3 Å². The largest absolute Gasteiger partial charge is 0.384 e. The molecule has 0 amide bonds. The van der Waals surface area contributed by atoms with Crippen LogP contribution in [-0.4, -0.2) is 16.5 Å². The number of anilines is 3. The summed E-state index contributed by atoms with van der Waals surface area (Å²) in [6.07, 6.45) is 0.961. The molecule has 0 spiro atoms. The summed E-state index contributed by atoms with van der Waals surface area (Å²) in [5.74, 6) is 0.994. The minimum absolute atomic E-state index is 0.0203. The first-order chi connectivity index (χ1) is 10.1. The third-order valence-corrected chi connectivity index (χ3v) is 3.67. The van der Waals surface area contributed by atoms with E-state index < -0.39 is 4.92 Å². The molecule has 1 aliphatic rings. The van der Waals surface area contributed by atoms with E-state index in [0.717, 1.165) is 12.1 Å². The maximum absolute atomic E-state index is 11.3. The molecule has 0 aliphatic carbocycles. The van der Waals surface area contributed by atoms with Crippen LogP contribution in [0.15, 0.2) is 36.4 Å². The smallest absolute Gasteiger partial charge is 0.312 e. The maximum atomic E-state index is 11.3. The van der Waals surface area contributed by atoms with Crippen molar-refractivity contribution in [3.05, 3.63) is 52.1 Å². The van der Waals surface area contributed by atoms with Crippen LogP contribution in [0.25, 0.3) is 0 Å². The Balaban J connectivity index is 2.17. The second kappa shape index (κ2) is 5.05. The fraction of sp³-hybridized carbons (Fsp3) is 0.267. The quantitative estimate of drug-likeness (QED) is 0.677. The van der Waals surface area contributed by atoms with Crippen LogP contribution >= 0.6 is 0 Å². The first-order valence-electron chi connectivity index (χ1n) is 6.82. The highest BCUT2D eigenvalue weighted by molar-refractivity contribution is 5.73. The topological polar surface area (TPSA) is 85.3 Å². The van der Waals surface area contributed by atoms with Gasteiger partial charge in [0.15, 0.2) is 0 Å². The molecular weight excluding hydrogens is 268 g/mol. The van der Waals surface area contributed by atoms with Gasteiger partial charge in [-0.3, -0.25) is 10.1 Å². The molecule has 0 saturated heterocycles. The summed E-state index contributed by atoms with van der Waals surface area (Å²) in [4.78, 5) is 17.0. The van der Waals surface area contributed by atoms with Gasteiger partial charge in [-0.2, -0.15) is 0 Å². The van der Waals surface area contributed by atoms with Crippen LogP contribution in [0.2, 0.25) is 0 Å². The van der Waals surface area contributed by atoms with Crippen molar-refractivity contribution in [2.24, 2.45) is 5.92 Å². The molecule has 3 rings (SSSR count). The average Bonchev–Trinajstić information content (AvgIpc) is 2.45. The van der Waals surface area contributed by atoms with Gasteiger partial charge in [-0.1, -0.05) is 25.1 Å². The van der Waals surface area contributed by atoms with Gasteiger partial charge in [-0.25, -0.2) is 4.98 Å². The van der Waals surface area contributed by atoms with E-state index in [9.17, 15) is 10.1 Å². The predicted octanol–water partition coefficient (Wildman–Crippen LogP) is 2.90. The number of nitrogens with two attached hydrogens (primary N) is 1. The highest BCUT2D eigenvalue weighted by Gasteiger charge is 2.29. The number of nitrogen functional groups attached to an aromatic ring is 1. The Kier molecular flexibility index (Phi) is 3.21. The number of para-hydroxylation sites is 1. The van der Waals surface area contributed by atoms with Gasteiger partial charge >= 0.3 is 5.69 Å². The molecule has 1 atom stereocenters. The van der Waals surface area contributed by atoms with Crippen LogP contribution in [0.4, 0.5) is 23.0 Å². The molecule has 2 heterocycles. The molecule has 2 aromatic rings. The van der Waals surface area contributed by atoms with Crippen molar-refractivity contribution in [3.63, 3.8) is 0 Å². The Hall–Kier alpha value is -2.63. The molecule has 0 saturated carbocycles. The lowest BCUT2D eigenvalue weighted by Gasteiger charge is -2.33. The predicted molar refractivity (Wildman–Crippen MR) is 81.6 cm³/mol. The van der Waals surface area contributed by atoms with Crippen LogP contribution in [0.1, 0.15) is 12.5 Å². The summed E-state index contributed by atoms with van der Waals surface area (Å²) in [5, 5.41) is 11.3. The zero-order chi connectivity index (χ0) is 15.0. The number of nitrogens with zero attached hydrogens (tertiary/aromatic N) is 3. The molecule has 1 aromatic heterocycles. The zero-order valence-electron chi connectivity index (χ0n) is 11.7. The molecule has 108 valence electrons. The molecule has 1 aliphatic heterocycles. The van der Waals surface area contributed by atoms with E-state index in [2.05, 4.69) is 18.0 Å². The number of nitro groups is 1. The number of hydrogen-bond acceptors (Lipinski definition) is 5. The zero-order valence-corrected chi connectivity index (χ0v) is 11.7. The molecule has 0 fully saturated rings. The first kappa shape index (κ1) is 13.4. The number of benzene rings is 1. The fourth-order valence-corrected chi connectivity index (χ4v) is 2.79. The molecule has 2 N–H and O–H groups in total. The van der Waals surface area contributed by atoms with E-state index in [1.54, 1.807) is 0 Å². The van der Waals surface area contributed by atoms with Crippen molar-refractivity contribution in [2.75, 3.05) is 17.2 Å². The van der Waals surface area contributed by atoms with Crippen molar-refractivity contribution in [2.45, 2.75) is 13.3 Å². The molecular formula is C15H16N4O2. The SMILES string of the molecule is CC1Cc2ccccc2N(c2nc(N)ccc2[N+](=O)[O-])C1. The summed E-state index contributed by atoms with van der Waals surface area (Å²) in [6.45, 7) is 2.81. The molecule has 1 aromatic carbocycles. The standard InChI is InChI=1S/C15H16N4O2/c1-10-8-11-4-2-3-5-12(11)18(9-10)15-13(19(20)21)6-7-14(16)17-15/h2-7,10H,8-9H2,1H3,(H2,16,17). The Labute approximate surface area is 122 Å². The van der Waals surface area contributed by atoms with E-state index >= 15 is 0 Å². The number of pyridine rings is 1. The third kappa shape index (κ3) is 2.40. The minimum atomic E-state index is -0.413. The van der Waals surface area contributed by atoms with E-state index in [0.29, 0.717) is 18.3 Å². The fourth-order valence-electron chi connectivity index (χ4n) is 2.79. The number of hydrogen-bond donors (Lipinski definition) is 1. The van der Waals surface area contributed by atoms with Crippen molar-refractivity contribution in [1.82, 2.24) is 4.98 Å². The lowest BCUT2D eigenvalue weighted by molar-refractivity contribution is -0.384. The van der Waals surface area contributed by atoms with Crippen LogP contribution in [0.3, 0.4) is 0 Å². The van der Waals surface area contributed by atoms with Gasteiger partial charge in [0.1, 0.15) is 5.82 Å². The summed E-state index contributed by atoms with van der Waals surface area (Å²) in [7, 11) is 0. The van der Waals surface area contributed by atoms with Gasteiger partial charge in [0.25, 0.3) is 0 Å². The monoisotopic (exact) mass is 284 g/mol. The number of aromatic nitrogens is 1. The minimum Gasteiger partial charge on any atom is -0.384 e. The van der Waals surface area contributed by atoms with Crippen LogP contribution < -0.4 is 10.6 Å². The van der Waals surface area contributed by atoms with Crippen LogP contribution in [-0.2, 0) is 6.42 Å². The number of fused-ring (bicyclic) bond motifs is 1. The molecule has 0 bridgehead atoms. The van der Waals surface area contributed by atoms with Gasteiger partial charge in [0.2, 0.25) is 5.82 Å². The summed E-state index contributed by atoms with van der Waals surface area (Å²) < 4.78 is 0. The van der Waals surface area contributed by atoms with Gasteiger partial charge in [0.05, 0.1) is 4.92 Å². The lowest BCUT2D eigenvalue weighted by Crippen LogP contribution is -2.31.